The molecule has 0 unspecified atom stereocenters. The van der Waals surface area contributed by atoms with Gasteiger partial charge in [0.2, 0.25) is 5.91 Å². The molecule has 1 amide bonds. The summed E-state index contributed by atoms with van der Waals surface area (Å²) >= 11 is 1.64. The largest absolute Gasteiger partial charge is 0.325 e. The minimum atomic E-state index is -0.549. The Bertz CT molecular complexity index is 398. The van der Waals surface area contributed by atoms with E-state index in [1.807, 2.05) is 6.26 Å². The summed E-state index contributed by atoms with van der Waals surface area (Å²) in [7, 11) is 0. The zero-order chi connectivity index (χ0) is 12.8. The molecular weight excluding hydrogens is 239 g/mol. The van der Waals surface area contributed by atoms with Gasteiger partial charge in [0.25, 0.3) is 0 Å². The van der Waals surface area contributed by atoms with Crippen LogP contribution in [0.1, 0.15) is 12.0 Å². The second-order valence-corrected chi connectivity index (χ2v) is 4.83. The first-order valence-electron chi connectivity index (χ1n) is 5.36. The maximum absolute atomic E-state index is 13.2. The Labute approximate surface area is 105 Å². The van der Waals surface area contributed by atoms with E-state index < -0.39 is 6.04 Å². The Morgan fingerprint density at radius 3 is 2.88 bits per heavy atom. The third-order valence-corrected chi connectivity index (χ3v) is 3.05. The van der Waals surface area contributed by atoms with E-state index in [0.717, 1.165) is 5.75 Å². The normalized spacial score (nSPS) is 12.2. The minimum absolute atomic E-state index is 0.276. The molecule has 94 valence electrons. The Morgan fingerprint density at radius 2 is 2.29 bits per heavy atom. The van der Waals surface area contributed by atoms with Crippen LogP contribution in [-0.4, -0.2) is 24.0 Å². The lowest BCUT2D eigenvalue weighted by Gasteiger charge is -2.11. The fourth-order valence-electron chi connectivity index (χ4n) is 1.28. The van der Waals surface area contributed by atoms with Crippen molar-refractivity contribution < 1.29 is 9.18 Å². The molecule has 5 heteroatoms. The number of carbonyl (C=O) groups excluding carboxylic acids is 1. The van der Waals surface area contributed by atoms with Gasteiger partial charge >= 0.3 is 0 Å². The smallest absolute Gasteiger partial charge is 0.241 e. The molecule has 0 aliphatic heterocycles. The molecule has 3 nitrogen and oxygen atoms in total. The highest BCUT2D eigenvalue weighted by molar-refractivity contribution is 7.98. The van der Waals surface area contributed by atoms with Crippen molar-refractivity contribution >= 4 is 23.4 Å². The third kappa shape index (κ3) is 4.36. The van der Waals surface area contributed by atoms with Gasteiger partial charge in [0.15, 0.2) is 0 Å². The number of nitrogens with two attached hydrogens (primary N) is 1. The molecule has 0 fully saturated rings. The number of aryl methyl sites for hydroxylation is 1. The van der Waals surface area contributed by atoms with Crippen molar-refractivity contribution in [2.45, 2.75) is 19.4 Å². The maximum atomic E-state index is 13.2. The quantitative estimate of drug-likeness (QED) is 0.848. The number of amides is 1. The Hall–Kier alpha value is -1.07. The molecule has 1 aromatic carbocycles. The van der Waals surface area contributed by atoms with Crippen LogP contribution >= 0.6 is 11.8 Å². The van der Waals surface area contributed by atoms with Gasteiger partial charge in [0, 0.05) is 5.69 Å². The van der Waals surface area contributed by atoms with Gasteiger partial charge in [-0.25, -0.2) is 4.39 Å². The van der Waals surface area contributed by atoms with Crippen molar-refractivity contribution in [2.75, 3.05) is 17.3 Å². The highest BCUT2D eigenvalue weighted by Gasteiger charge is 2.13. The molecule has 0 saturated carbocycles. The molecule has 0 radical (unpaired) electrons. The predicted octanol–water partition coefficient (Wildman–Crippen LogP) is 2.15. The number of halogens is 1. The van der Waals surface area contributed by atoms with Gasteiger partial charge in [-0.05, 0) is 43.0 Å². The summed E-state index contributed by atoms with van der Waals surface area (Å²) in [6.45, 7) is 1.67. The first-order valence-corrected chi connectivity index (χ1v) is 6.75. The van der Waals surface area contributed by atoms with Gasteiger partial charge in [0.1, 0.15) is 5.82 Å². The van der Waals surface area contributed by atoms with Gasteiger partial charge in [-0.2, -0.15) is 11.8 Å². The molecule has 1 rings (SSSR count). The second kappa shape index (κ2) is 6.61. The molecule has 0 aromatic heterocycles. The van der Waals surface area contributed by atoms with E-state index >= 15 is 0 Å². The lowest BCUT2D eigenvalue weighted by molar-refractivity contribution is -0.117. The molecular formula is C12H17FN2OS. The summed E-state index contributed by atoms with van der Waals surface area (Å²) in [6.07, 6.45) is 2.57. The van der Waals surface area contributed by atoms with Crippen LogP contribution in [0.4, 0.5) is 10.1 Å². The fourth-order valence-corrected chi connectivity index (χ4v) is 1.77. The summed E-state index contributed by atoms with van der Waals surface area (Å²) in [5.41, 5.74) is 6.69. The highest BCUT2D eigenvalue weighted by Crippen LogP contribution is 2.14. The van der Waals surface area contributed by atoms with Crippen LogP contribution in [0.15, 0.2) is 18.2 Å². The van der Waals surface area contributed by atoms with Gasteiger partial charge in [-0.3, -0.25) is 4.79 Å². The van der Waals surface area contributed by atoms with Crippen molar-refractivity contribution in [1.29, 1.82) is 0 Å². The summed E-state index contributed by atoms with van der Waals surface area (Å²) in [6, 6.07) is 4.04. The fraction of sp³-hybridized carbons (Fsp3) is 0.417. The highest BCUT2D eigenvalue weighted by atomic mass is 32.2. The number of benzene rings is 1. The van der Waals surface area contributed by atoms with Crippen LogP contribution in [0, 0.1) is 12.7 Å². The number of hydrogen-bond acceptors (Lipinski definition) is 3. The SMILES string of the molecule is CSCC[C@@H](N)C(=O)Nc1ccc(C)c(F)c1. The average Bonchev–Trinajstić information content (AvgIpc) is 2.30. The van der Waals surface area contributed by atoms with Crippen LogP contribution in [0.3, 0.4) is 0 Å². The molecule has 0 aliphatic rings. The summed E-state index contributed by atoms with van der Waals surface area (Å²) in [5.74, 6) is 0.222. The number of rotatable bonds is 5. The zero-order valence-electron chi connectivity index (χ0n) is 10.00. The molecule has 0 aliphatic carbocycles. The number of thioether (sulfide) groups is 1. The molecule has 3 N–H and O–H groups in total. The Kier molecular flexibility index (Phi) is 5.44. The number of hydrogen-bond donors (Lipinski definition) is 2. The molecule has 1 aromatic rings. The van der Waals surface area contributed by atoms with Gasteiger partial charge < -0.3 is 11.1 Å². The minimum Gasteiger partial charge on any atom is -0.325 e. The van der Waals surface area contributed by atoms with Crippen LogP contribution in [0.2, 0.25) is 0 Å². The van der Waals surface area contributed by atoms with Gasteiger partial charge in [0.05, 0.1) is 6.04 Å². The van der Waals surface area contributed by atoms with E-state index in [1.54, 1.807) is 30.8 Å². The summed E-state index contributed by atoms with van der Waals surface area (Å²) < 4.78 is 13.2. The standard InChI is InChI=1S/C12H17FN2OS/c1-8-3-4-9(7-10(8)13)15-12(16)11(14)5-6-17-2/h3-4,7,11H,5-6,14H2,1-2H3,(H,15,16)/t11-/m1/s1. The number of carbonyl (C=O) groups is 1. The molecule has 0 spiro atoms. The molecule has 0 saturated heterocycles. The molecule has 1 atom stereocenters. The lowest BCUT2D eigenvalue weighted by Crippen LogP contribution is -2.36. The summed E-state index contributed by atoms with van der Waals surface area (Å²) in [4.78, 5) is 11.6. The van der Waals surface area contributed by atoms with E-state index in [1.165, 1.54) is 6.07 Å². The summed E-state index contributed by atoms with van der Waals surface area (Å²) in [5, 5.41) is 2.61. The van der Waals surface area contributed by atoms with Gasteiger partial charge in [-0.1, -0.05) is 6.07 Å². The van der Waals surface area contributed by atoms with E-state index in [4.69, 9.17) is 5.73 Å². The van der Waals surface area contributed by atoms with E-state index in [9.17, 15) is 9.18 Å². The average molecular weight is 256 g/mol. The maximum Gasteiger partial charge on any atom is 0.241 e. The predicted molar refractivity (Wildman–Crippen MR) is 70.7 cm³/mol. The zero-order valence-corrected chi connectivity index (χ0v) is 10.8. The lowest BCUT2D eigenvalue weighted by atomic mass is 10.2. The third-order valence-electron chi connectivity index (χ3n) is 2.41. The molecule has 0 heterocycles. The molecule has 17 heavy (non-hydrogen) atoms. The number of nitrogens with one attached hydrogen (secondary N) is 1. The van der Waals surface area contributed by atoms with Crippen molar-refractivity contribution in [3.05, 3.63) is 29.6 Å². The van der Waals surface area contributed by atoms with Crippen molar-refractivity contribution in [1.82, 2.24) is 0 Å². The first kappa shape index (κ1) is 14.0. The van der Waals surface area contributed by atoms with Crippen LogP contribution < -0.4 is 11.1 Å². The Balaban J connectivity index is 2.58. The van der Waals surface area contributed by atoms with E-state index in [0.29, 0.717) is 17.7 Å². The first-order chi connectivity index (χ1) is 8.04. The van der Waals surface area contributed by atoms with Crippen LogP contribution in [0.25, 0.3) is 0 Å². The van der Waals surface area contributed by atoms with E-state index in [-0.39, 0.29) is 11.7 Å². The molecule has 0 bridgehead atoms. The monoisotopic (exact) mass is 256 g/mol. The second-order valence-electron chi connectivity index (χ2n) is 3.84. The Morgan fingerprint density at radius 1 is 1.59 bits per heavy atom. The van der Waals surface area contributed by atoms with Crippen molar-refractivity contribution in [3.63, 3.8) is 0 Å². The topological polar surface area (TPSA) is 55.1 Å². The van der Waals surface area contributed by atoms with E-state index in [2.05, 4.69) is 5.32 Å². The van der Waals surface area contributed by atoms with Gasteiger partial charge in [-0.15, -0.1) is 0 Å². The van der Waals surface area contributed by atoms with Crippen molar-refractivity contribution in [3.8, 4) is 0 Å². The number of anilines is 1. The van der Waals surface area contributed by atoms with Crippen LogP contribution in [-0.2, 0) is 4.79 Å². The van der Waals surface area contributed by atoms with Crippen LogP contribution in [0.5, 0.6) is 0 Å². The van der Waals surface area contributed by atoms with Crippen molar-refractivity contribution in [2.24, 2.45) is 5.73 Å².